The summed E-state index contributed by atoms with van der Waals surface area (Å²) in [5, 5.41) is 0. The summed E-state index contributed by atoms with van der Waals surface area (Å²) >= 11 is 0. The predicted molar refractivity (Wildman–Crippen MR) is 59.4 cm³/mol. The Morgan fingerprint density at radius 3 is 2.64 bits per heavy atom. The van der Waals surface area contributed by atoms with E-state index in [1.807, 2.05) is 19.1 Å². The number of rotatable bonds is 3. The van der Waals surface area contributed by atoms with Crippen molar-refractivity contribution < 1.29 is 4.79 Å². The van der Waals surface area contributed by atoms with Gasteiger partial charge in [-0.1, -0.05) is 19.6 Å². The largest absolute Gasteiger partial charge is 0.398 e. The molecule has 0 aliphatic carbocycles. The van der Waals surface area contributed by atoms with E-state index in [4.69, 9.17) is 5.73 Å². The van der Waals surface area contributed by atoms with Gasteiger partial charge in [0.05, 0.1) is 0 Å². The van der Waals surface area contributed by atoms with E-state index in [1.165, 1.54) is 0 Å². The Labute approximate surface area is 84.4 Å². The maximum atomic E-state index is 11.7. The predicted octanol–water partition coefficient (Wildman–Crippen LogP) is 2.59. The number of nitrogen functional groups attached to an aromatic ring is 1. The van der Waals surface area contributed by atoms with E-state index in [1.54, 1.807) is 13.0 Å². The Balaban J connectivity index is 3.19. The summed E-state index contributed by atoms with van der Waals surface area (Å²) in [7, 11) is 0. The number of allylic oxidation sites excluding steroid dienone is 1. The standard InChI is InChI=1S/C12H15NO/c1-4-9-5-6-11(13)10(7-9)12(14)8(2)3/h5-7H,2,4,13H2,1,3H3. The number of anilines is 1. The Morgan fingerprint density at radius 1 is 1.50 bits per heavy atom. The van der Waals surface area contributed by atoms with Crippen molar-refractivity contribution in [1.82, 2.24) is 0 Å². The SMILES string of the molecule is C=C(C)C(=O)c1cc(CC)ccc1N. The summed E-state index contributed by atoms with van der Waals surface area (Å²) < 4.78 is 0. The minimum Gasteiger partial charge on any atom is -0.398 e. The summed E-state index contributed by atoms with van der Waals surface area (Å²) in [5.41, 5.74) is 8.44. The molecule has 0 atom stereocenters. The Morgan fingerprint density at radius 2 is 2.14 bits per heavy atom. The molecule has 0 aliphatic rings. The number of carbonyl (C=O) groups excluding carboxylic acids is 1. The molecule has 0 spiro atoms. The van der Waals surface area contributed by atoms with Crippen molar-refractivity contribution in [2.45, 2.75) is 20.3 Å². The first-order chi connectivity index (χ1) is 6.56. The molecule has 14 heavy (non-hydrogen) atoms. The number of ketones is 1. The van der Waals surface area contributed by atoms with E-state index in [0.29, 0.717) is 16.8 Å². The molecule has 2 nitrogen and oxygen atoms in total. The van der Waals surface area contributed by atoms with Crippen LogP contribution in [0.15, 0.2) is 30.4 Å². The van der Waals surface area contributed by atoms with Crippen LogP contribution >= 0.6 is 0 Å². The molecule has 0 saturated heterocycles. The molecule has 0 unspecified atom stereocenters. The summed E-state index contributed by atoms with van der Waals surface area (Å²) in [5.74, 6) is -0.0715. The number of aryl methyl sites for hydroxylation is 1. The van der Waals surface area contributed by atoms with E-state index in [9.17, 15) is 4.79 Å². The molecule has 0 amide bonds. The van der Waals surface area contributed by atoms with Gasteiger partial charge in [-0.3, -0.25) is 4.79 Å². The van der Waals surface area contributed by atoms with Crippen LogP contribution in [0.4, 0.5) is 5.69 Å². The zero-order valence-corrected chi connectivity index (χ0v) is 8.63. The zero-order valence-electron chi connectivity index (χ0n) is 8.63. The number of carbonyl (C=O) groups is 1. The number of hydrogen-bond donors (Lipinski definition) is 1. The van der Waals surface area contributed by atoms with E-state index in [2.05, 4.69) is 6.58 Å². The first kappa shape index (κ1) is 10.5. The van der Waals surface area contributed by atoms with Crippen LogP contribution in [0, 0.1) is 0 Å². The molecule has 0 heterocycles. The quantitative estimate of drug-likeness (QED) is 0.451. The van der Waals surface area contributed by atoms with Crippen LogP contribution in [0.1, 0.15) is 29.8 Å². The lowest BCUT2D eigenvalue weighted by Gasteiger charge is -2.06. The molecule has 0 radical (unpaired) electrons. The van der Waals surface area contributed by atoms with Gasteiger partial charge in [0.2, 0.25) is 0 Å². The van der Waals surface area contributed by atoms with Crippen LogP contribution in [0.3, 0.4) is 0 Å². The number of benzene rings is 1. The highest BCUT2D eigenvalue weighted by Crippen LogP contribution is 2.17. The second-order valence-electron chi connectivity index (χ2n) is 3.38. The normalized spacial score (nSPS) is 9.86. The molecule has 0 fully saturated rings. The van der Waals surface area contributed by atoms with Crippen molar-refractivity contribution in [2.75, 3.05) is 5.73 Å². The molecular formula is C12H15NO. The van der Waals surface area contributed by atoms with Gasteiger partial charge in [0, 0.05) is 11.3 Å². The lowest BCUT2D eigenvalue weighted by atomic mass is 10.0. The topological polar surface area (TPSA) is 43.1 Å². The Hall–Kier alpha value is -1.57. The average molecular weight is 189 g/mol. The van der Waals surface area contributed by atoms with Gasteiger partial charge in [0.1, 0.15) is 0 Å². The second kappa shape index (κ2) is 4.09. The smallest absolute Gasteiger partial charge is 0.190 e. The van der Waals surface area contributed by atoms with Gasteiger partial charge < -0.3 is 5.73 Å². The van der Waals surface area contributed by atoms with E-state index >= 15 is 0 Å². The maximum Gasteiger partial charge on any atom is 0.190 e. The highest BCUT2D eigenvalue weighted by atomic mass is 16.1. The summed E-state index contributed by atoms with van der Waals surface area (Å²) in [6, 6.07) is 5.55. The highest BCUT2D eigenvalue weighted by Gasteiger charge is 2.10. The molecule has 0 aromatic heterocycles. The first-order valence-electron chi connectivity index (χ1n) is 4.65. The molecule has 0 bridgehead atoms. The van der Waals surface area contributed by atoms with E-state index in [0.717, 1.165) is 12.0 Å². The third-order valence-corrected chi connectivity index (χ3v) is 2.16. The highest BCUT2D eigenvalue weighted by molar-refractivity contribution is 6.11. The van der Waals surface area contributed by atoms with Gasteiger partial charge in [-0.25, -0.2) is 0 Å². The Bertz CT molecular complexity index is 380. The van der Waals surface area contributed by atoms with Gasteiger partial charge in [0.15, 0.2) is 5.78 Å². The van der Waals surface area contributed by atoms with E-state index < -0.39 is 0 Å². The number of nitrogens with two attached hydrogens (primary N) is 1. The van der Waals surface area contributed by atoms with Gasteiger partial charge in [-0.2, -0.15) is 0 Å². The lowest BCUT2D eigenvalue weighted by Crippen LogP contribution is -2.05. The summed E-state index contributed by atoms with van der Waals surface area (Å²) in [6.07, 6.45) is 0.900. The number of Topliss-reactive ketones (excluding diaryl/α,β-unsaturated/α-hetero) is 1. The van der Waals surface area contributed by atoms with Crippen LogP contribution < -0.4 is 5.73 Å². The van der Waals surface area contributed by atoms with Crippen LogP contribution in [0.25, 0.3) is 0 Å². The van der Waals surface area contributed by atoms with Crippen LogP contribution in [-0.4, -0.2) is 5.78 Å². The fourth-order valence-electron chi connectivity index (χ4n) is 1.25. The van der Waals surface area contributed by atoms with Crippen LogP contribution in [-0.2, 0) is 6.42 Å². The summed E-state index contributed by atoms with van der Waals surface area (Å²) in [4.78, 5) is 11.7. The molecule has 74 valence electrons. The van der Waals surface area contributed by atoms with Crippen LogP contribution in [0.5, 0.6) is 0 Å². The molecule has 1 aromatic rings. The minimum absolute atomic E-state index is 0.0715. The lowest BCUT2D eigenvalue weighted by molar-refractivity contribution is 0.103. The first-order valence-corrected chi connectivity index (χ1v) is 4.65. The van der Waals surface area contributed by atoms with Gasteiger partial charge in [-0.05, 0) is 36.6 Å². The zero-order chi connectivity index (χ0) is 10.7. The molecule has 1 aromatic carbocycles. The van der Waals surface area contributed by atoms with Gasteiger partial charge in [0.25, 0.3) is 0 Å². The fraction of sp³-hybridized carbons (Fsp3) is 0.250. The van der Waals surface area contributed by atoms with E-state index in [-0.39, 0.29) is 5.78 Å². The molecular weight excluding hydrogens is 174 g/mol. The Kier molecular flexibility index (Phi) is 3.07. The van der Waals surface area contributed by atoms with Gasteiger partial charge in [-0.15, -0.1) is 0 Å². The van der Waals surface area contributed by atoms with Crippen molar-refractivity contribution in [1.29, 1.82) is 0 Å². The van der Waals surface area contributed by atoms with Crippen molar-refractivity contribution in [3.05, 3.63) is 41.5 Å². The van der Waals surface area contributed by atoms with Crippen molar-refractivity contribution >= 4 is 11.5 Å². The molecule has 0 aliphatic heterocycles. The molecule has 2 heteroatoms. The van der Waals surface area contributed by atoms with Crippen LogP contribution in [0.2, 0.25) is 0 Å². The molecule has 0 saturated carbocycles. The number of hydrogen-bond acceptors (Lipinski definition) is 2. The average Bonchev–Trinajstić information content (AvgIpc) is 2.17. The third-order valence-electron chi connectivity index (χ3n) is 2.16. The van der Waals surface area contributed by atoms with Crippen molar-refractivity contribution in [3.63, 3.8) is 0 Å². The van der Waals surface area contributed by atoms with Gasteiger partial charge >= 0.3 is 0 Å². The fourth-order valence-corrected chi connectivity index (χ4v) is 1.25. The third kappa shape index (κ3) is 2.02. The monoisotopic (exact) mass is 189 g/mol. The summed E-state index contributed by atoms with van der Waals surface area (Å²) in [6.45, 7) is 7.36. The minimum atomic E-state index is -0.0715. The second-order valence-corrected chi connectivity index (χ2v) is 3.38. The molecule has 1 rings (SSSR count). The van der Waals surface area contributed by atoms with Crippen molar-refractivity contribution in [3.8, 4) is 0 Å². The maximum absolute atomic E-state index is 11.7. The molecule has 2 N–H and O–H groups in total. The van der Waals surface area contributed by atoms with Crippen molar-refractivity contribution in [2.24, 2.45) is 0 Å².